The Labute approximate surface area is 276 Å². The summed E-state index contributed by atoms with van der Waals surface area (Å²) in [7, 11) is 0. The number of likely N-dealkylation sites (tertiary alicyclic amines) is 2. The number of aromatic nitrogens is 2. The van der Waals surface area contributed by atoms with Crippen molar-refractivity contribution in [1.82, 2.24) is 25.1 Å². The van der Waals surface area contributed by atoms with Crippen LogP contribution in [0.15, 0.2) is 21.0 Å². The van der Waals surface area contributed by atoms with Gasteiger partial charge in [0.15, 0.2) is 5.13 Å². The fraction of sp³-hybridized carbons (Fsp3) is 0.727. The summed E-state index contributed by atoms with van der Waals surface area (Å²) >= 11 is 3.07. The van der Waals surface area contributed by atoms with Gasteiger partial charge in [0.1, 0.15) is 11.8 Å². The Morgan fingerprint density at radius 1 is 1.04 bits per heavy atom. The van der Waals surface area contributed by atoms with Crippen LogP contribution in [0.2, 0.25) is 0 Å². The number of nitrogens with one attached hydrogen (secondary N) is 2. The first kappa shape index (κ1) is 35.4. The quantitative estimate of drug-likeness (QED) is 0.208. The lowest BCUT2D eigenvalue weighted by Crippen LogP contribution is -2.55. The fourth-order valence-corrected chi connectivity index (χ4v) is 7.52. The standard InChI is InChI=1S/C33H52N6O4S2/c1-22-11-10-16-39(22)30(42)28(33(5,6)7)36-25(40)12-8-9-15-38-17-13-23(14-18-38)29(41)37-31-35-20-27(45-31)44-21-26-34-19-24(43-26)32(2,3)4/h19-20,22-23,28H,8-18,21H2,1-7H3,(H,36,40)(H,35,37,41). The molecule has 45 heavy (non-hydrogen) atoms. The number of rotatable bonds is 12. The van der Waals surface area contributed by atoms with Crippen molar-refractivity contribution < 1.29 is 18.8 Å². The zero-order valence-corrected chi connectivity index (χ0v) is 29.7. The minimum absolute atomic E-state index is 0.0274. The van der Waals surface area contributed by atoms with E-state index in [-0.39, 0.29) is 40.5 Å². The van der Waals surface area contributed by atoms with Gasteiger partial charge in [-0.1, -0.05) is 52.9 Å². The van der Waals surface area contributed by atoms with Crippen LogP contribution in [0, 0.1) is 11.3 Å². The first-order valence-corrected chi connectivity index (χ1v) is 18.2. The summed E-state index contributed by atoms with van der Waals surface area (Å²) in [6.07, 6.45) is 9.35. The maximum atomic E-state index is 13.2. The van der Waals surface area contributed by atoms with E-state index in [1.165, 1.54) is 11.3 Å². The van der Waals surface area contributed by atoms with Gasteiger partial charge in [-0.3, -0.25) is 14.4 Å². The molecule has 0 aliphatic carbocycles. The molecule has 0 radical (unpaired) electrons. The van der Waals surface area contributed by atoms with E-state index in [9.17, 15) is 14.4 Å². The normalized spacial score (nSPS) is 19.1. The van der Waals surface area contributed by atoms with E-state index in [1.807, 2.05) is 25.7 Å². The number of unbranched alkanes of at least 4 members (excludes halogenated alkanes) is 1. The van der Waals surface area contributed by atoms with Gasteiger partial charge in [-0.15, -0.1) is 11.8 Å². The van der Waals surface area contributed by atoms with Crippen molar-refractivity contribution in [2.75, 3.05) is 31.5 Å². The number of hydrogen-bond donors (Lipinski definition) is 2. The van der Waals surface area contributed by atoms with Gasteiger partial charge in [0.05, 0.1) is 22.4 Å². The summed E-state index contributed by atoms with van der Waals surface area (Å²) < 4.78 is 6.88. The molecule has 250 valence electrons. The average Bonchev–Trinajstić information content (AvgIpc) is 3.73. The molecule has 10 nitrogen and oxygen atoms in total. The highest BCUT2D eigenvalue weighted by atomic mass is 32.2. The maximum Gasteiger partial charge on any atom is 0.245 e. The first-order valence-electron chi connectivity index (χ1n) is 16.4. The third kappa shape index (κ3) is 10.3. The summed E-state index contributed by atoms with van der Waals surface area (Å²) in [4.78, 5) is 52.1. The van der Waals surface area contributed by atoms with Crippen LogP contribution in [-0.4, -0.2) is 75.8 Å². The zero-order chi connectivity index (χ0) is 32.8. The minimum Gasteiger partial charge on any atom is -0.444 e. The van der Waals surface area contributed by atoms with Gasteiger partial charge in [-0.2, -0.15) is 0 Å². The van der Waals surface area contributed by atoms with Crippen molar-refractivity contribution in [3.8, 4) is 0 Å². The number of piperidine rings is 1. The van der Waals surface area contributed by atoms with Gasteiger partial charge < -0.3 is 24.9 Å². The number of hydrogen-bond acceptors (Lipinski definition) is 9. The van der Waals surface area contributed by atoms with Crippen LogP contribution in [0.3, 0.4) is 0 Å². The predicted molar refractivity (Wildman–Crippen MR) is 180 cm³/mol. The van der Waals surface area contributed by atoms with Crippen LogP contribution in [0.4, 0.5) is 5.13 Å². The van der Waals surface area contributed by atoms with Crippen LogP contribution in [0.25, 0.3) is 0 Å². The number of amides is 3. The molecule has 2 aliphatic heterocycles. The fourth-order valence-electron chi connectivity index (χ4n) is 5.80. The molecule has 2 aromatic heterocycles. The molecule has 0 aromatic carbocycles. The lowest BCUT2D eigenvalue weighted by atomic mass is 9.85. The largest absolute Gasteiger partial charge is 0.444 e. The molecule has 0 spiro atoms. The number of oxazole rings is 1. The zero-order valence-electron chi connectivity index (χ0n) is 28.1. The van der Waals surface area contributed by atoms with Gasteiger partial charge in [0.2, 0.25) is 23.6 Å². The van der Waals surface area contributed by atoms with Gasteiger partial charge >= 0.3 is 0 Å². The van der Waals surface area contributed by atoms with Crippen molar-refractivity contribution in [3.05, 3.63) is 24.0 Å². The summed E-state index contributed by atoms with van der Waals surface area (Å²) in [6.45, 7) is 17.8. The number of thioether (sulfide) groups is 1. The molecular formula is C33H52N6O4S2. The van der Waals surface area contributed by atoms with E-state index in [0.29, 0.717) is 23.2 Å². The van der Waals surface area contributed by atoms with Crippen LogP contribution in [0.5, 0.6) is 0 Å². The van der Waals surface area contributed by atoms with Gasteiger partial charge in [-0.05, 0) is 70.5 Å². The van der Waals surface area contributed by atoms with Gasteiger partial charge in [-0.25, -0.2) is 9.97 Å². The molecule has 2 aromatic rings. The number of nitrogens with zero attached hydrogens (tertiary/aromatic N) is 4. The number of carbonyl (C=O) groups excluding carboxylic acids is 3. The summed E-state index contributed by atoms with van der Waals surface area (Å²) in [5.41, 5.74) is -0.418. The third-order valence-corrected chi connectivity index (χ3v) is 10.8. The van der Waals surface area contributed by atoms with E-state index in [2.05, 4.69) is 53.2 Å². The molecule has 4 heterocycles. The minimum atomic E-state index is -0.508. The molecule has 2 aliphatic rings. The Hall–Kier alpha value is -2.44. The van der Waals surface area contributed by atoms with E-state index >= 15 is 0 Å². The van der Waals surface area contributed by atoms with E-state index < -0.39 is 6.04 Å². The Bertz CT molecular complexity index is 1290. The molecule has 2 saturated heterocycles. The predicted octanol–water partition coefficient (Wildman–Crippen LogP) is 6.08. The van der Waals surface area contributed by atoms with Crippen molar-refractivity contribution >= 4 is 46.0 Å². The monoisotopic (exact) mass is 660 g/mol. The highest BCUT2D eigenvalue weighted by Crippen LogP contribution is 2.32. The number of carbonyl (C=O) groups is 3. The SMILES string of the molecule is CC1CCCN1C(=O)C(NC(=O)CCCCN1CCC(C(=O)Nc2ncc(SCc3ncc(C(C)(C)C)o3)s2)CC1)C(C)(C)C. The molecule has 4 rings (SSSR count). The van der Waals surface area contributed by atoms with Gasteiger partial charge in [0.25, 0.3) is 0 Å². The summed E-state index contributed by atoms with van der Waals surface area (Å²) in [5, 5.41) is 6.69. The molecular weight excluding hydrogens is 609 g/mol. The van der Waals surface area contributed by atoms with E-state index in [4.69, 9.17) is 4.42 Å². The molecule has 0 saturated carbocycles. The van der Waals surface area contributed by atoms with Crippen LogP contribution >= 0.6 is 23.1 Å². The smallest absolute Gasteiger partial charge is 0.245 e. The Balaban J connectivity index is 1.12. The lowest BCUT2D eigenvalue weighted by molar-refractivity contribution is -0.140. The first-order chi connectivity index (χ1) is 21.2. The van der Waals surface area contributed by atoms with Crippen LogP contribution in [0.1, 0.15) is 105 Å². The molecule has 2 atom stereocenters. The van der Waals surface area contributed by atoms with E-state index in [0.717, 1.165) is 74.7 Å². The van der Waals surface area contributed by atoms with E-state index in [1.54, 1.807) is 24.2 Å². The Kier molecular flexibility index (Phi) is 12.1. The molecule has 12 heteroatoms. The second-order valence-corrected chi connectivity index (χ2v) is 16.9. The Morgan fingerprint density at radius 2 is 1.78 bits per heavy atom. The Morgan fingerprint density at radius 3 is 2.40 bits per heavy atom. The average molecular weight is 661 g/mol. The van der Waals surface area contributed by atoms with Crippen molar-refractivity contribution in [3.63, 3.8) is 0 Å². The summed E-state index contributed by atoms with van der Waals surface area (Å²) in [5.74, 6) is 2.17. The lowest BCUT2D eigenvalue weighted by Gasteiger charge is -2.35. The second-order valence-electron chi connectivity index (χ2n) is 14.6. The number of thiazole rings is 1. The maximum absolute atomic E-state index is 13.2. The highest BCUT2D eigenvalue weighted by Gasteiger charge is 2.38. The van der Waals surface area contributed by atoms with Crippen molar-refractivity contribution in [1.29, 1.82) is 0 Å². The molecule has 3 amide bonds. The van der Waals surface area contributed by atoms with Gasteiger partial charge in [0, 0.05) is 30.3 Å². The third-order valence-electron chi connectivity index (χ3n) is 8.69. The molecule has 2 fully saturated rings. The van der Waals surface area contributed by atoms with Crippen LogP contribution in [-0.2, 0) is 25.6 Å². The molecule has 0 bridgehead atoms. The van der Waals surface area contributed by atoms with Crippen LogP contribution < -0.4 is 10.6 Å². The van der Waals surface area contributed by atoms with Crippen molar-refractivity contribution in [2.45, 2.75) is 121 Å². The molecule has 2 unspecified atom stereocenters. The topological polar surface area (TPSA) is 121 Å². The number of anilines is 1. The summed E-state index contributed by atoms with van der Waals surface area (Å²) in [6, 6.07) is -0.274. The van der Waals surface area contributed by atoms with Crippen molar-refractivity contribution in [2.24, 2.45) is 11.3 Å². The highest BCUT2D eigenvalue weighted by molar-refractivity contribution is 8.00. The second kappa shape index (κ2) is 15.4. The molecule has 2 N–H and O–H groups in total.